The van der Waals surface area contributed by atoms with Crippen molar-refractivity contribution in [2.75, 3.05) is 19.7 Å². The number of nitrogens with zero attached hydrogens (tertiary/aromatic N) is 5. The van der Waals surface area contributed by atoms with Gasteiger partial charge in [-0.3, -0.25) is 9.88 Å². The molecule has 2 saturated heterocycles. The summed E-state index contributed by atoms with van der Waals surface area (Å²) in [5.74, 6) is 2.59. The van der Waals surface area contributed by atoms with E-state index in [4.69, 9.17) is 47.5 Å². The Morgan fingerprint density at radius 3 is 2.66 bits per heavy atom. The van der Waals surface area contributed by atoms with Gasteiger partial charge in [-0.05, 0) is 86.9 Å². The molecule has 44 heavy (non-hydrogen) atoms. The van der Waals surface area contributed by atoms with Crippen LogP contribution >= 0.6 is 23.8 Å². The van der Waals surface area contributed by atoms with Gasteiger partial charge in [-0.25, -0.2) is 10.1 Å². The molecule has 0 amide bonds. The first-order valence-electron chi connectivity index (χ1n) is 14.9. The lowest BCUT2D eigenvalue weighted by molar-refractivity contribution is -0.0722. The molecule has 0 saturated carbocycles. The van der Waals surface area contributed by atoms with Crippen molar-refractivity contribution in [2.45, 2.75) is 57.1 Å². The van der Waals surface area contributed by atoms with E-state index in [1.54, 1.807) is 12.3 Å². The third-order valence-corrected chi connectivity index (χ3v) is 9.31. The molecular weight excluding hydrogens is 600 g/mol. The summed E-state index contributed by atoms with van der Waals surface area (Å²) in [7, 11) is 0. The second kappa shape index (κ2) is 11.0. The highest BCUT2D eigenvalue weighted by Gasteiger charge is 2.42. The molecule has 3 aromatic heterocycles. The molecule has 8 rings (SSSR count). The van der Waals surface area contributed by atoms with Crippen LogP contribution in [0.5, 0.6) is 11.5 Å². The lowest BCUT2D eigenvalue weighted by Gasteiger charge is -2.33. The molecule has 0 spiro atoms. The molecule has 2 atom stereocenters. The third-order valence-electron chi connectivity index (χ3n) is 8.91. The number of fused-ring (bicyclic) bond motifs is 2. The number of H-pyrrole nitrogens is 1. The van der Waals surface area contributed by atoms with Gasteiger partial charge in [0.05, 0.1) is 35.2 Å². The topological polar surface area (TPSA) is 103 Å². The summed E-state index contributed by atoms with van der Waals surface area (Å²) < 4.78 is 26.1. The molecule has 3 aliphatic rings. The largest absolute Gasteiger partial charge is 0.443 e. The number of imidazole rings is 1. The van der Waals surface area contributed by atoms with Gasteiger partial charge in [0.2, 0.25) is 0 Å². The molecule has 12 heteroatoms. The van der Waals surface area contributed by atoms with Crippen LogP contribution in [0.3, 0.4) is 0 Å². The number of ether oxygens (including phenoxy) is 3. The van der Waals surface area contributed by atoms with E-state index in [2.05, 4.69) is 42.8 Å². The van der Waals surface area contributed by atoms with Crippen LogP contribution in [0.1, 0.15) is 49.2 Å². The van der Waals surface area contributed by atoms with Crippen LogP contribution < -0.4 is 9.47 Å². The van der Waals surface area contributed by atoms with Crippen molar-refractivity contribution in [3.05, 3.63) is 81.7 Å². The Hall–Kier alpha value is -3.77. The summed E-state index contributed by atoms with van der Waals surface area (Å²) in [6, 6.07) is 16.0. The highest BCUT2D eigenvalue weighted by molar-refractivity contribution is 7.71. The van der Waals surface area contributed by atoms with Gasteiger partial charge in [0, 0.05) is 30.9 Å². The summed E-state index contributed by atoms with van der Waals surface area (Å²) in [5.41, 5.74) is 4.79. The van der Waals surface area contributed by atoms with Crippen molar-refractivity contribution >= 4 is 34.9 Å². The molecule has 10 nitrogen and oxygen atoms in total. The lowest BCUT2D eigenvalue weighted by Crippen LogP contribution is -2.35. The Morgan fingerprint density at radius 1 is 1.07 bits per heavy atom. The monoisotopic (exact) mass is 630 g/mol. The smallest absolute Gasteiger partial charge is 0.314 e. The standard InChI is InChI=1S/C32H31ClN6O4S/c1-32(27-8-6-21(33)16-34-27)41-26-4-2-3-23(29(26)42-32)19-9-12-38(13-10-19)18-28-35-24-7-5-20(30-36-31(44)43-37-30)15-25(24)39(28)17-22-11-14-40-22/h2-8,15-16,19,22H,9-14,17-18H2,1H3,(H,36,37,44)/t22-,32?/m0/s1. The molecule has 0 radical (unpaired) electrons. The van der Waals surface area contributed by atoms with Crippen molar-refractivity contribution in [1.82, 2.24) is 29.6 Å². The molecule has 5 aromatic rings. The number of pyridine rings is 1. The minimum Gasteiger partial charge on any atom is -0.443 e. The molecule has 226 valence electrons. The molecule has 2 fully saturated rings. The van der Waals surface area contributed by atoms with Gasteiger partial charge < -0.3 is 23.3 Å². The summed E-state index contributed by atoms with van der Waals surface area (Å²) in [6.45, 7) is 6.16. The van der Waals surface area contributed by atoms with Crippen molar-refractivity contribution in [2.24, 2.45) is 0 Å². The molecule has 6 heterocycles. The number of piperidine rings is 1. The molecule has 3 aliphatic heterocycles. The number of hydrogen-bond acceptors (Lipinski definition) is 9. The number of para-hydroxylation sites is 1. The number of aromatic amines is 1. The van der Waals surface area contributed by atoms with Gasteiger partial charge in [0.25, 0.3) is 5.79 Å². The zero-order valence-corrected chi connectivity index (χ0v) is 25.7. The highest BCUT2D eigenvalue weighted by atomic mass is 35.5. The minimum absolute atomic E-state index is 0.188. The number of halogens is 1. The van der Waals surface area contributed by atoms with Crippen molar-refractivity contribution < 1.29 is 18.7 Å². The fraction of sp³-hybridized carbons (Fsp3) is 0.375. The van der Waals surface area contributed by atoms with E-state index in [9.17, 15) is 0 Å². The van der Waals surface area contributed by atoms with E-state index in [1.807, 2.05) is 31.2 Å². The van der Waals surface area contributed by atoms with E-state index in [1.165, 1.54) is 5.56 Å². The number of nitrogens with one attached hydrogen (secondary N) is 1. The summed E-state index contributed by atoms with van der Waals surface area (Å²) >= 11 is 11.1. The van der Waals surface area contributed by atoms with E-state index < -0.39 is 5.79 Å². The zero-order valence-electron chi connectivity index (χ0n) is 24.2. The van der Waals surface area contributed by atoms with Crippen LogP contribution in [0.15, 0.2) is 59.3 Å². The Morgan fingerprint density at radius 2 is 1.93 bits per heavy atom. The maximum atomic E-state index is 6.49. The van der Waals surface area contributed by atoms with Crippen LogP contribution in [-0.4, -0.2) is 55.4 Å². The first-order valence-corrected chi connectivity index (χ1v) is 15.7. The molecule has 1 unspecified atom stereocenters. The van der Waals surface area contributed by atoms with Gasteiger partial charge in [-0.1, -0.05) is 23.7 Å². The first-order chi connectivity index (χ1) is 21.4. The number of hydrogen-bond donors (Lipinski definition) is 1. The molecule has 0 bridgehead atoms. The maximum absolute atomic E-state index is 6.49. The highest BCUT2D eigenvalue weighted by Crippen LogP contribution is 2.49. The van der Waals surface area contributed by atoms with E-state index in [0.29, 0.717) is 22.5 Å². The maximum Gasteiger partial charge on any atom is 0.314 e. The van der Waals surface area contributed by atoms with E-state index in [0.717, 1.165) is 86.0 Å². The minimum atomic E-state index is -0.994. The van der Waals surface area contributed by atoms with Crippen molar-refractivity contribution in [3.8, 4) is 22.9 Å². The molecule has 1 N–H and O–H groups in total. The van der Waals surface area contributed by atoms with Crippen LogP contribution in [0.25, 0.3) is 22.4 Å². The Balaban J connectivity index is 1.00. The van der Waals surface area contributed by atoms with Gasteiger partial charge in [-0.2, -0.15) is 4.98 Å². The predicted molar refractivity (Wildman–Crippen MR) is 166 cm³/mol. The molecular formula is C32H31ClN6O4S. The van der Waals surface area contributed by atoms with Crippen molar-refractivity contribution in [3.63, 3.8) is 0 Å². The van der Waals surface area contributed by atoms with Gasteiger partial charge >= 0.3 is 4.84 Å². The number of rotatable bonds is 7. The Labute approximate surface area is 263 Å². The van der Waals surface area contributed by atoms with Crippen LogP contribution in [0.4, 0.5) is 0 Å². The van der Waals surface area contributed by atoms with Crippen molar-refractivity contribution in [1.29, 1.82) is 0 Å². The quantitative estimate of drug-likeness (QED) is 0.199. The normalized spacial score (nSPS) is 22.0. The molecule has 2 aromatic carbocycles. The second-order valence-electron chi connectivity index (χ2n) is 11.8. The summed E-state index contributed by atoms with van der Waals surface area (Å²) in [6.07, 6.45) is 4.90. The SMILES string of the molecule is CC1(c2ccc(Cl)cn2)Oc2cccc(C3CCN(Cc4nc5ccc(-c6nc(=S)o[nH]6)cc5n4C[C@@H]4CCO4)CC3)c2O1. The summed E-state index contributed by atoms with van der Waals surface area (Å²) in [4.78, 5) is 16.5. The fourth-order valence-electron chi connectivity index (χ4n) is 6.45. The predicted octanol–water partition coefficient (Wildman–Crippen LogP) is 6.61. The Bertz CT molecular complexity index is 1890. The first kappa shape index (κ1) is 27.8. The average molecular weight is 631 g/mol. The van der Waals surface area contributed by atoms with Gasteiger partial charge in [0.1, 0.15) is 11.5 Å². The lowest BCUT2D eigenvalue weighted by atomic mass is 9.88. The van der Waals surface area contributed by atoms with Gasteiger partial charge in [0.15, 0.2) is 17.3 Å². The van der Waals surface area contributed by atoms with E-state index in [-0.39, 0.29) is 10.9 Å². The van der Waals surface area contributed by atoms with Gasteiger partial charge in [-0.15, -0.1) is 0 Å². The van der Waals surface area contributed by atoms with Crippen LogP contribution in [-0.2, 0) is 23.6 Å². The fourth-order valence-corrected chi connectivity index (χ4v) is 6.69. The third kappa shape index (κ3) is 5.07. The Kier molecular flexibility index (Phi) is 6.93. The average Bonchev–Trinajstić information content (AvgIpc) is 3.70. The molecule has 0 aliphatic carbocycles. The number of aromatic nitrogens is 5. The summed E-state index contributed by atoms with van der Waals surface area (Å²) in [5, 5.41) is 3.39. The van der Waals surface area contributed by atoms with E-state index >= 15 is 0 Å². The van der Waals surface area contributed by atoms with Crippen LogP contribution in [0, 0.1) is 4.84 Å². The zero-order chi connectivity index (χ0) is 29.8. The second-order valence-corrected chi connectivity index (χ2v) is 12.6. The number of likely N-dealkylation sites (tertiary alicyclic amines) is 1. The number of benzene rings is 2. The van der Waals surface area contributed by atoms with Crippen LogP contribution in [0.2, 0.25) is 5.02 Å².